The lowest BCUT2D eigenvalue weighted by Crippen LogP contribution is -2.25. The Morgan fingerprint density at radius 2 is 1.61 bits per heavy atom. The number of rotatable bonds is 6. The van der Waals surface area contributed by atoms with Crippen molar-refractivity contribution in [1.29, 1.82) is 0 Å². The van der Waals surface area contributed by atoms with Gasteiger partial charge in [-0.25, -0.2) is 13.4 Å². The highest BCUT2D eigenvalue weighted by Crippen LogP contribution is 2.41. The maximum absolute atomic E-state index is 13.2. The second-order valence-electron chi connectivity index (χ2n) is 9.90. The zero-order valence-electron chi connectivity index (χ0n) is 22.9. The number of aromatic nitrogens is 1. The van der Waals surface area contributed by atoms with Crippen molar-refractivity contribution in [1.82, 2.24) is 10.3 Å². The molecule has 8 nitrogen and oxygen atoms in total. The number of carbonyl (C=O) groups excluding carboxylic acids is 1. The number of carbonyl (C=O) groups is 1. The van der Waals surface area contributed by atoms with Crippen molar-refractivity contribution in [2.24, 2.45) is 0 Å². The number of fused-ring (bicyclic) bond motifs is 2. The molecule has 0 saturated heterocycles. The third-order valence-corrected chi connectivity index (χ3v) is 8.31. The number of sulfonamides is 1. The van der Waals surface area contributed by atoms with E-state index in [-0.39, 0.29) is 5.91 Å². The Kier molecular flexibility index (Phi) is 6.38. The Morgan fingerprint density at radius 3 is 2.32 bits per heavy atom. The van der Waals surface area contributed by atoms with Crippen LogP contribution in [0.1, 0.15) is 15.9 Å². The zero-order chi connectivity index (χ0) is 28.9. The van der Waals surface area contributed by atoms with Gasteiger partial charge >= 0.3 is 0 Å². The third kappa shape index (κ3) is 4.74. The largest absolute Gasteiger partial charge is 0.455 e. The molecule has 6 rings (SSSR count). The minimum absolute atomic E-state index is 0.321. The monoisotopic (exact) mass is 565 g/mol. The summed E-state index contributed by atoms with van der Waals surface area (Å²) in [6.45, 7) is 1.98. The summed E-state index contributed by atoms with van der Waals surface area (Å²) in [5.74, 6) is 0.662. The molecule has 3 aromatic carbocycles. The minimum Gasteiger partial charge on any atom is -0.455 e. The minimum atomic E-state index is -3.65. The van der Waals surface area contributed by atoms with Gasteiger partial charge in [-0.3, -0.25) is 9.10 Å². The summed E-state index contributed by atoms with van der Waals surface area (Å²) in [6.07, 6.45) is 1.13. The zero-order valence-corrected chi connectivity index (χ0v) is 23.7. The summed E-state index contributed by atoms with van der Waals surface area (Å²) in [5, 5.41) is 4.20. The Hall–Kier alpha value is -4.89. The maximum atomic E-state index is 13.2. The van der Waals surface area contributed by atoms with Crippen molar-refractivity contribution in [3.63, 3.8) is 0 Å². The number of pyridine rings is 1. The van der Waals surface area contributed by atoms with Crippen LogP contribution in [0.25, 0.3) is 56.0 Å². The van der Waals surface area contributed by atoms with Crippen molar-refractivity contribution in [2.45, 2.75) is 6.92 Å². The second kappa shape index (κ2) is 9.94. The van der Waals surface area contributed by atoms with Crippen LogP contribution in [0.15, 0.2) is 93.8 Å². The normalized spacial score (nSPS) is 11.7. The molecule has 0 spiro atoms. The van der Waals surface area contributed by atoms with E-state index in [1.807, 2.05) is 73.7 Å². The van der Waals surface area contributed by atoms with Gasteiger partial charge in [-0.15, -0.1) is 0 Å². The van der Waals surface area contributed by atoms with Gasteiger partial charge in [0.25, 0.3) is 5.91 Å². The van der Waals surface area contributed by atoms with E-state index in [0.717, 1.165) is 28.4 Å². The lowest BCUT2D eigenvalue weighted by molar-refractivity contribution is 0.0964. The first kappa shape index (κ1) is 26.3. The first-order chi connectivity index (χ1) is 19.6. The standard InChI is InChI=1S/C32H27N3O5S/c1-19-12-14-20(15-13-19)31-30(32(36)33-2)23-17-22(26(18-28(23)40-31)35(3)41(4,37)38)24-9-7-10-25(34-24)29-16-21-8-5-6-11-27(21)39-29/h5-18H,1-4H3,(H,33,36). The molecule has 0 aliphatic heterocycles. The molecular weight excluding hydrogens is 538 g/mol. The number of aryl methyl sites for hydroxylation is 1. The Balaban J connectivity index is 1.61. The van der Waals surface area contributed by atoms with E-state index in [1.165, 1.54) is 11.4 Å². The second-order valence-corrected chi connectivity index (χ2v) is 11.9. The summed E-state index contributed by atoms with van der Waals surface area (Å²) in [5.41, 5.74) is 5.26. The van der Waals surface area contributed by atoms with E-state index in [2.05, 4.69) is 5.32 Å². The molecule has 0 aliphatic carbocycles. The Morgan fingerprint density at radius 1 is 0.878 bits per heavy atom. The molecule has 0 fully saturated rings. The van der Waals surface area contributed by atoms with Gasteiger partial charge in [0.2, 0.25) is 10.0 Å². The van der Waals surface area contributed by atoms with Crippen molar-refractivity contribution < 1.29 is 22.0 Å². The fourth-order valence-electron chi connectivity index (χ4n) is 4.87. The predicted octanol–water partition coefficient (Wildman–Crippen LogP) is 6.64. The van der Waals surface area contributed by atoms with E-state index in [1.54, 1.807) is 25.2 Å². The van der Waals surface area contributed by atoms with Gasteiger partial charge in [0.05, 0.1) is 23.2 Å². The van der Waals surface area contributed by atoms with E-state index >= 15 is 0 Å². The van der Waals surface area contributed by atoms with E-state index in [0.29, 0.717) is 50.7 Å². The van der Waals surface area contributed by atoms with E-state index in [9.17, 15) is 13.2 Å². The molecule has 3 heterocycles. The molecule has 9 heteroatoms. The highest BCUT2D eigenvalue weighted by Gasteiger charge is 2.26. The number of benzene rings is 3. The van der Waals surface area contributed by atoms with Gasteiger partial charge in [-0.1, -0.05) is 54.1 Å². The third-order valence-electron chi connectivity index (χ3n) is 7.11. The summed E-state index contributed by atoms with van der Waals surface area (Å²) < 4.78 is 38.9. The molecule has 0 unspecified atom stereocenters. The van der Waals surface area contributed by atoms with Crippen LogP contribution >= 0.6 is 0 Å². The van der Waals surface area contributed by atoms with Crippen molar-refractivity contribution in [3.05, 3.63) is 96.1 Å². The number of anilines is 1. The number of nitrogens with one attached hydrogen (secondary N) is 1. The van der Waals surface area contributed by atoms with Gasteiger partial charge in [-0.05, 0) is 37.3 Å². The molecule has 1 N–H and O–H groups in total. The van der Waals surface area contributed by atoms with E-state index in [4.69, 9.17) is 13.8 Å². The van der Waals surface area contributed by atoms with Gasteiger partial charge in [0.15, 0.2) is 5.76 Å². The van der Waals surface area contributed by atoms with Crippen LogP contribution in [0.4, 0.5) is 5.69 Å². The summed E-state index contributed by atoms with van der Waals surface area (Å²) in [7, 11) is -0.610. The topological polar surface area (TPSA) is 106 Å². The molecule has 0 aliphatic rings. The Labute approximate surface area is 237 Å². The number of hydrogen-bond donors (Lipinski definition) is 1. The number of furan rings is 2. The average Bonchev–Trinajstić information content (AvgIpc) is 3.57. The van der Waals surface area contributed by atoms with Crippen LogP contribution in [-0.2, 0) is 10.0 Å². The molecule has 41 heavy (non-hydrogen) atoms. The van der Waals surface area contributed by atoms with E-state index < -0.39 is 10.0 Å². The van der Waals surface area contributed by atoms with Crippen molar-refractivity contribution in [3.8, 4) is 34.0 Å². The van der Waals surface area contributed by atoms with Crippen molar-refractivity contribution in [2.75, 3.05) is 24.7 Å². The fraction of sp³-hybridized carbons (Fsp3) is 0.125. The molecule has 0 bridgehead atoms. The number of hydrogen-bond acceptors (Lipinski definition) is 6. The summed E-state index contributed by atoms with van der Waals surface area (Å²) in [6, 6.07) is 26.2. The fourth-order valence-corrected chi connectivity index (χ4v) is 5.37. The van der Waals surface area contributed by atoms with Crippen LogP contribution in [0, 0.1) is 6.92 Å². The van der Waals surface area contributed by atoms with Gasteiger partial charge in [0.1, 0.15) is 22.6 Å². The SMILES string of the molecule is CNC(=O)c1c(-c2ccc(C)cc2)oc2cc(N(C)S(C)(=O)=O)c(-c3cccc(-c4cc5ccccc5o4)n3)cc12. The van der Waals surface area contributed by atoms with Gasteiger partial charge < -0.3 is 14.2 Å². The number of nitrogens with zero attached hydrogens (tertiary/aromatic N) is 2. The van der Waals surface area contributed by atoms with Crippen LogP contribution in [-0.4, -0.2) is 39.7 Å². The maximum Gasteiger partial charge on any atom is 0.255 e. The first-order valence-electron chi connectivity index (χ1n) is 12.9. The molecule has 3 aromatic heterocycles. The molecule has 6 aromatic rings. The summed E-state index contributed by atoms with van der Waals surface area (Å²) in [4.78, 5) is 18.1. The highest BCUT2D eigenvalue weighted by molar-refractivity contribution is 7.92. The molecule has 206 valence electrons. The number of amides is 1. The molecule has 1 amide bonds. The van der Waals surface area contributed by atoms with Crippen LogP contribution < -0.4 is 9.62 Å². The predicted molar refractivity (Wildman–Crippen MR) is 161 cm³/mol. The smallest absolute Gasteiger partial charge is 0.255 e. The van der Waals surface area contributed by atoms with Crippen molar-refractivity contribution >= 4 is 43.6 Å². The average molecular weight is 566 g/mol. The lowest BCUT2D eigenvalue weighted by atomic mass is 10.00. The lowest BCUT2D eigenvalue weighted by Gasteiger charge is -2.20. The molecule has 0 radical (unpaired) electrons. The number of para-hydroxylation sites is 1. The van der Waals surface area contributed by atoms with Crippen LogP contribution in [0.5, 0.6) is 0 Å². The van der Waals surface area contributed by atoms with Crippen LogP contribution in [0.3, 0.4) is 0 Å². The molecule has 0 atom stereocenters. The van der Waals surface area contributed by atoms with Gasteiger partial charge in [0, 0.05) is 42.1 Å². The van der Waals surface area contributed by atoms with Crippen LogP contribution in [0.2, 0.25) is 0 Å². The van der Waals surface area contributed by atoms with Gasteiger partial charge in [-0.2, -0.15) is 0 Å². The molecular formula is C32H27N3O5S. The molecule has 0 saturated carbocycles. The first-order valence-corrected chi connectivity index (χ1v) is 14.8. The quantitative estimate of drug-likeness (QED) is 0.243. The Bertz CT molecular complexity index is 2020. The highest BCUT2D eigenvalue weighted by atomic mass is 32.2. The summed E-state index contributed by atoms with van der Waals surface area (Å²) >= 11 is 0.